The number of hydrogen-bond donors (Lipinski definition) is 3. The number of aliphatic hydroxyl groups excluding tert-OH is 1. The highest BCUT2D eigenvalue weighted by atomic mass is 16.3. The van der Waals surface area contributed by atoms with Crippen LogP contribution in [0.25, 0.3) is 0 Å². The first-order chi connectivity index (χ1) is 8.43. The van der Waals surface area contributed by atoms with Gasteiger partial charge in [-0.3, -0.25) is 9.78 Å². The monoisotopic (exact) mass is 251 g/mol. The molecule has 0 aliphatic rings. The summed E-state index contributed by atoms with van der Waals surface area (Å²) in [7, 11) is 0. The van der Waals surface area contributed by atoms with Gasteiger partial charge < -0.3 is 16.2 Å². The molecule has 0 radical (unpaired) electrons. The summed E-state index contributed by atoms with van der Waals surface area (Å²) in [5, 5.41) is 11.7. The lowest BCUT2D eigenvalue weighted by Crippen LogP contribution is -2.35. The molecular weight excluding hydrogens is 230 g/mol. The van der Waals surface area contributed by atoms with Gasteiger partial charge in [0.25, 0.3) is 0 Å². The molecule has 0 fully saturated rings. The Morgan fingerprint density at radius 2 is 2.22 bits per heavy atom. The van der Waals surface area contributed by atoms with E-state index in [1.54, 1.807) is 12.1 Å². The number of nitrogens with two attached hydrogens (primary N) is 1. The molecule has 1 aromatic rings. The van der Waals surface area contributed by atoms with Crippen molar-refractivity contribution in [1.29, 1.82) is 0 Å². The molecule has 0 bridgehead atoms. The van der Waals surface area contributed by atoms with E-state index >= 15 is 0 Å². The molecule has 0 saturated carbocycles. The van der Waals surface area contributed by atoms with Gasteiger partial charge in [0.15, 0.2) is 0 Å². The van der Waals surface area contributed by atoms with Gasteiger partial charge in [-0.15, -0.1) is 0 Å². The number of carbonyl (C=O) groups excluding carboxylic acids is 1. The average Bonchev–Trinajstić information content (AvgIpc) is 2.30. The first-order valence-corrected chi connectivity index (χ1v) is 6.01. The summed E-state index contributed by atoms with van der Waals surface area (Å²) in [6.07, 6.45) is 2.45. The van der Waals surface area contributed by atoms with Gasteiger partial charge in [0.2, 0.25) is 5.91 Å². The standard InChI is InChI=1S/C13H21N3O2/c1-13(2,5-6-17)9-16-12(18)7-11-4-3-10(14)8-15-11/h3-4,8,17H,5-7,9,14H2,1-2H3,(H,16,18). The van der Waals surface area contributed by atoms with Gasteiger partial charge in [-0.05, 0) is 24.0 Å². The number of rotatable bonds is 6. The topological polar surface area (TPSA) is 88.2 Å². The minimum absolute atomic E-state index is 0.0710. The maximum Gasteiger partial charge on any atom is 0.226 e. The van der Waals surface area contributed by atoms with E-state index in [1.165, 1.54) is 6.20 Å². The Hall–Kier alpha value is -1.62. The normalized spacial score (nSPS) is 11.3. The Labute approximate surface area is 107 Å². The zero-order valence-corrected chi connectivity index (χ0v) is 10.9. The predicted molar refractivity (Wildman–Crippen MR) is 70.8 cm³/mol. The quantitative estimate of drug-likeness (QED) is 0.695. The molecule has 0 spiro atoms. The lowest BCUT2D eigenvalue weighted by Gasteiger charge is -2.23. The van der Waals surface area contributed by atoms with Crippen LogP contribution in [0.5, 0.6) is 0 Å². The predicted octanol–water partition coefficient (Wildman–Crippen LogP) is 0.731. The summed E-state index contributed by atoms with van der Waals surface area (Å²) in [5.41, 5.74) is 6.70. The lowest BCUT2D eigenvalue weighted by molar-refractivity contribution is -0.121. The van der Waals surface area contributed by atoms with Crippen LogP contribution in [0.2, 0.25) is 0 Å². The van der Waals surface area contributed by atoms with Crippen molar-refractivity contribution < 1.29 is 9.90 Å². The van der Waals surface area contributed by atoms with Crippen molar-refractivity contribution in [3.05, 3.63) is 24.0 Å². The zero-order valence-electron chi connectivity index (χ0n) is 10.9. The van der Waals surface area contributed by atoms with Crippen LogP contribution < -0.4 is 11.1 Å². The Balaban J connectivity index is 2.40. The molecule has 0 unspecified atom stereocenters. The third kappa shape index (κ3) is 5.14. The van der Waals surface area contributed by atoms with E-state index in [9.17, 15) is 4.79 Å². The molecular formula is C13H21N3O2. The molecule has 1 amide bonds. The molecule has 18 heavy (non-hydrogen) atoms. The molecule has 0 saturated heterocycles. The number of nitrogens with one attached hydrogen (secondary N) is 1. The second kappa shape index (κ2) is 6.35. The summed E-state index contributed by atoms with van der Waals surface area (Å²) < 4.78 is 0. The number of nitrogen functional groups attached to an aromatic ring is 1. The van der Waals surface area contributed by atoms with Crippen molar-refractivity contribution in [3.8, 4) is 0 Å². The fourth-order valence-electron chi connectivity index (χ4n) is 1.50. The van der Waals surface area contributed by atoms with E-state index in [0.717, 1.165) is 0 Å². The average molecular weight is 251 g/mol. The highest BCUT2D eigenvalue weighted by Gasteiger charge is 2.18. The van der Waals surface area contributed by atoms with Crippen molar-refractivity contribution >= 4 is 11.6 Å². The number of nitrogens with zero attached hydrogens (tertiary/aromatic N) is 1. The third-order valence-corrected chi connectivity index (χ3v) is 2.74. The molecule has 5 heteroatoms. The Morgan fingerprint density at radius 3 is 2.78 bits per heavy atom. The number of aromatic nitrogens is 1. The molecule has 0 atom stereocenters. The van der Waals surface area contributed by atoms with Crippen LogP contribution in [0.4, 0.5) is 5.69 Å². The van der Waals surface area contributed by atoms with Crippen molar-refractivity contribution in [1.82, 2.24) is 10.3 Å². The highest BCUT2D eigenvalue weighted by Crippen LogP contribution is 2.17. The SMILES string of the molecule is CC(C)(CCO)CNC(=O)Cc1ccc(N)cn1. The van der Waals surface area contributed by atoms with Gasteiger partial charge in [0, 0.05) is 18.8 Å². The molecule has 5 nitrogen and oxygen atoms in total. The minimum Gasteiger partial charge on any atom is -0.397 e. The van der Waals surface area contributed by atoms with Crippen molar-refractivity contribution in [2.24, 2.45) is 5.41 Å². The molecule has 1 heterocycles. The third-order valence-electron chi connectivity index (χ3n) is 2.74. The zero-order chi connectivity index (χ0) is 13.6. The smallest absolute Gasteiger partial charge is 0.226 e. The van der Waals surface area contributed by atoms with Gasteiger partial charge >= 0.3 is 0 Å². The number of amides is 1. The maximum absolute atomic E-state index is 11.7. The van der Waals surface area contributed by atoms with Crippen molar-refractivity contribution in [2.75, 3.05) is 18.9 Å². The van der Waals surface area contributed by atoms with E-state index in [1.807, 2.05) is 13.8 Å². The van der Waals surface area contributed by atoms with Crippen LogP contribution in [0.1, 0.15) is 26.0 Å². The van der Waals surface area contributed by atoms with Gasteiger partial charge in [0.1, 0.15) is 0 Å². The largest absolute Gasteiger partial charge is 0.397 e. The van der Waals surface area contributed by atoms with Crippen LogP contribution in [0.15, 0.2) is 18.3 Å². The lowest BCUT2D eigenvalue weighted by atomic mass is 9.90. The molecule has 0 aromatic carbocycles. The fraction of sp³-hybridized carbons (Fsp3) is 0.538. The van der Waals surface area contributed by atoms with Crippen LogP contribution in [0.3, 0.4) is 0 Å². The van der Waals surface area contributed by atoms with E-state index < -0.39 is 0 Å². The van der Waals surface area contributed by atoms with Crippen LogP contribution in [-0.2, 0) is 11.2 Å². The van der Waals surface area contributed by atoms with Gasteiger partial charge in [-0.2, -0.15) is 0 Å². The fourth-order valence-corrected chi connectivity index (χ4v) is 1.50. The summed E-state index contributed by atoms with van der Waals surface area (Å²) >= 11 is 0. The van der Waals surface area contributed by atoms with Gasteiger partial charge in [-0.1, -0.05) is 13.8 Å². The van der Waals surface area contributed by atoms with E-state index in [4.69, 9.17) is 10.8 Å². The second-order valence-electron chi connectivity index (χ2n) is 5.17. The molecule has 4 N–H and O–H groups in total. The number of hydrogen-bond acceptors (Lipinski definition) is 4. The summed E-state index contributed by atoms with van der Waals surface area (Å²) in [5.74, 6) is -0.0710. The summed E-state index contributed by atoms with van der Waals surface area (Å²) in [4.78, 5) is 15.8. The van der Waals surface area contributed by atoms with E-state index in [-0.39, 0.29) is 24.3 Å². The van der Waals surface area contributed by atoms with E-state index in [2.05, 4.69) is 10.3 Å². The number of aliphatic hydroxyl groups is 1. The maximum atomic E-state index is 11.7. The molecule has 1 aromatic heterocycles. The summed E-state index contributed by atoms with van der Waals surface area (Å²) in [6.45, 7) is 4.68. The summed E-state index contributed by atoms with van der Waals surface area (Å²) in [6, 6.07) is 3.47. The van der Waals surface area contributed by atoms with Gasteiger partial charge in [0.05, 0.1) is 18.3 Å². The molecule has 1 rings (SSSR count). The van der Waals surface area contributed by atoms with E-state index in [0.29, 0.717) is 24.3 Å². The van der Waals surface area contributed by atoms with Crippen LogP contribution >= 0.6 is 0 Å². The van der Waals surface area contributed by atoms with Gasteiger partial charge in [-0.25, -0.2) is 0 Å². The molecule has 0 aliphatic heterocycles. The molecule has 0 aliphatic carbocycles. The Bertz CT molecular complexity index is 388. The number of carbonyl (C=O) groups is 1. The molecule has 100 valence electrons. The number of anilines is 1. The second-order valence-corrected chi connectivity index (χ2v) is 5.17. The highest BCUT2D eigenvalue weighted by molar-refractivity contribution is 5.78. The van der Waals surface area contributed by atoms with Crippen LogP contribution in [-0.4, -0.2) is 29.1 Å². The Morgan fingerprint density at radius 1 is 1.50 bits per heavy atom. The Kier molecular flexibility index (Phi) is 5.09. The number of pyridine rings is 1. The van der Waals surface area contributed by atoms with Crippen LogP contribution in [0, 0.1) is 5.41 Å². The minimum atomic E-state index is -0.0983. The first-order valence-electron chi connectivity index (χ1n) is 6.01. The first kappa shape index (κ1) is 14.4. The van der Waals surface area contributed by atoms with Crippen molar-refractivity contribution in [2.45, 2.75) is 26.7 Å². The van der Waals surface area contributed by atoms with Crippen molar-refractivity contribution in [3.63, 3.8) is 0 Å².